The van der Waals surface area contributed by atoms with Crippen LogP contribution in [0, 0.1) is 5.41 Å². The van der Waals surface area contributed by atoms with Crippen molar-refractivity contribution in [3.63, 3.8) is 0 Å². The largest absolute Gasteiger partial charge is 0.381 e. The lowest BCUT2D eigenvalue weighted by molar-refractivity contribution is 0.160. The number of rotatable bonds is 1. The summed E-state index contributed by atoms with van der Waals surface area (Å²) in [6.45, 7) is 4.01. The molecule has 4 nitrogen and oxygen atoms in total. The zero-order valence-corrected chi connectivity index (χ0v) is 8.72. The van der Waals surface area contributed by atoms with E-state index in [1.54, 1.807) is 12.4 Å². The molecular formula is C11H15N3O. The Hall–Kier alpha value is -1.16. The third-order valence-electron chi connectivity index (χ3n) is 3.50. The Bertz CT molecular complexity index is 335. The quantitative estimate of drug-likeness (QED) is 0.688. The van der Waals surface area contributed by atoms with Gasteiger partial charge in [-0.25, -0.2) is 4.98 Å². The third-order valence-corrected chi connectivity index (χ3v) is 3.50. The van der Waals surface area contributed by atoms with Crippen LogP contribution < -0.4 is 4.90 Å². The van der Waals surface area contributed by atoms with Crippen LogP contribution in [-0.2, 0) is 4.74 Å². The highest BCUT2D eigenvalue weighted by Gasteiger charge is 2.41. The molecule has 0 bridgehead atoms. The fraction of sp³-hybridized carbons (Fsp3) is 0.636. The van der Waals surface area contributed by atoms with Gasteiger partial charge in [0.2, 0.25) is 0 Å². The smallest absolute Gasteiger partial charge is 0.147 e. The highest BCUT2D eigenvalue weighted by molar-refractivity contribution is 5.37. The lowest BCUT2D eigenvalue weighted by atomic mass is 9.87. The molecule has 1 aromatic rings. The molecule has 0 unspecified atom stereocenters. The van der Waals surface area contributed by atoms with Crippen molar-refractivity contribution in [2.75, 3.05) is 31.2 Å². The van der Waals surface area contributed by atoms with Gasteiger partial charge in [0.1, 0.15) is 5.82 Å². The van der Waals surface area contributed by atoms with Crippen LogP contribution in [-0.4, -0.2) is 36.3 Å². The van der Waals surface area contributed by atoms with Gasteiger partial charge >= 0.3 is 0 Å². The molecule has 3 rings (SSSR count). The monoisotopic (exact) mass is 205 g/mol. The molecule has 1 aromatic heterocycles. The summed E-state index contributed by atoms with van der Waals surface area (Å²) < 4.78 is 5.50. The summed E-state index contributed by atoms with van der Waals surface area (Å²) in [5.41, 5.74) is 0.400. The Morgan fingerprint density at radius 2 is 2.33 bits per heavy atom. The molecule has 0 saturated carbocycles. The second-order valence-electron chi connectivity index (χ2n) is 4.54. The predicted molar refractivity (Wildman–Crippen MR) is 56.7 cm³/mol. The van der Waals surface area contributed by atoms with E-state index < -0.39 is 0 Å². The Balaban J connectivity index is 1.76. The van der Waals surface area contributed by atoms with Gasteiger partial charge in [-0.15, -0.1) is 0 Å². The van der Waals surface area contributed by atoms with Crippen molar-refractivity contribution in [3.8, 4) is 0 Å². The van der Waals surface area contributed by atoms with Gasteiger partial charge in [0.15, 0.2) is 0 Å². The molecule has 80 valence electrons. The number of hydrogen-bond acceptors (Lipinski definition) is 4. The first-order valence-electron chi connectivity index (χ1n) is 5.47. The number of aromatic nitrogens is 2. The Morgan fingerprint density at radius 3 is 3.07 bits per heavy atom. The highest BCUT2D eigenvalue weighted by Crippen LogP contribution is 2.39. The fourth-order valence-corrected chi connectivity index (χ4v) is 2.56. The molecule has 2 saturated heterocycles. The van der Waals surface area contributed by atoms with Crippen LogP contribution in [0.4, 0.5) is 5.82 Å². The topological polar surface area (TPSA) is 38.2 Å². The maximum atomic E-state index is 5.50. The normalized spacial score (nSPS) is 30.3. The molecule has 0 aromatic carbocycles. The van der Waals surface area contributed by atoms with E-state index in [4.69, 9.17) is 4.74 Å². The van der Waals surface area contributed by atoms with E-state index in [1.165, 1.54) is 12.8 Å². The average Bonchev–Trinajstić information content (AvgIpc) is 2.91. The van der Waals surface area contributed by atoms with Crippen molar-refractivity contribution in [2.45, 2.75) is 12.8 Å². The minimum Gasteiger partial charge on any atom is -0.381 e. The lowest BCUT2D eigenvalue weighted by Crippen LogP contribution is -2.27. The predicted octanol–water partition coefficient (Wildman–Crippen LogP) is 1.09. The molecule has 2 fully saturated rings. The molecule has 1 spiro atoms. The molecule has 2 aliphatic heterocycles. The summed E-state index contributed by atoms with van der Waals surface area (Å²) >= 11 is 0. The maximum Gasteiger partial charge on any atom is 0.147 e. The highest BCUT2D eigenvalue weighted by atomic mass is 16.5. The van der Waals surface area contributed by atoms with Crippen molar-refractivity contribution in [3.05, 3.63) is 18.6 Å². The van der Waals surface area contributed by atoms with Gasteiger partial charge in [-0.1, -0.05) is 0 Å². The van der Waals surface area contributed by atoms with E-state index in [9.17, 15) is 0 Å². The summed E-state index contributed by atoms with van der Waals surface area (Å²) in [4.78, 5) is 10.8. The van der Waals surface area contributed by atoms with Crippen LogP contribution in [0.1, 0.15) is 12.8 Å². The number of anilines is 1. The zero-order valence-electron chi connectivity index (χ0n) is 8.72. The van der Waals surface area contributed by atoms with Gasteiger partial charge < -0.3 is 9.64 Å². The molecule has 0 radical (unpaired) electrons. The van der Waals surface area contributed by atoms with Gasteiger partial charge in [0, 0.05) is 37.5 Å². The molecule has 3 heterocycles. The standard InChI is InChI=1S/C11H15N3O/c1-5-14(10-7-12-3-4-13-10)8-11(1)2-6-15-9-11/h3-4,7H,1-2,5-6,8-9H2/t11-/m0/s1. The second-order valence-corrected chi connectivity index (χ2v) is 4.54. The van der Waals surface area contributed by atoms with E-state index in [-0.39, 0.29) is 0 Å². The van der Waals surface area contributed by atoms with E-state index in [0.717, 1.165) is 32.1 Å². The van der Waals surface area contributed by atoms with Crippen LogP contribution in [0.3, 0.4) is 0 Å². The SMILES string of the molecule is c1cnc(N2CC[C@]3(CCOC3)C2)cn1. The molecular weight excluding hydrogens is 190 g/mol. The Kier molecular flexibility index (Phi) is 2.09. The summed E-state index contributed by atoms with van der Waals surface area (Å²) in [5.74, 6) is 1.00. The minimum atomic E-state index is 0.400. The van der Waals surface area contributed by atoms with Gasteiger partial charge in [-0.05, 0) is 12.8 Å². The number of ether oxygens (including phenoxy) is 1. The molecule has 0 aliphatic carbocycles. The average molecular weight is 205 g/mol. The number of nitrogens with zero attached hydrogens (tertiary/aromatic N) is 3. The summed E-state index contributed by atoms with van der Waals surface area (Å²) in [6.07, 6.45) is 7.74. The summed E-state index contributed by atoms with van der Waals surface area (Å²) in [7, 11) is 0. The minimum absolute atomic E-state index is 0.400. The first-order valence-corrected chi connectivity index (χ1v) is 5.47. The molecule has 0 amide bonds. The molecule has 15 heavy (non-hydrogen) atoms. The maximum absolute atomic E-state index is 5.50. The Morgan fingerprint density at radius 1 is 1.33 bits per heavy atom. The summed E-state index contributed by atoms with van der Waals surface area (Å²) in [5, 5.41) is 0. The van der Waals surface area contributed by atoms with Crippen molar-refractivity contribution in [1.29, 1.82) is 0 Å². The van der Waals surface area contributed by atoms with Crippen LogP contribution in [0.15, 0.2) is 18.6 Å². The van der Waals surface area contributed by atoms with Gasteiger partial charge in [0.25, 0.3) is 0 Å². The lowest BCUT2D eigenvalue weighted by Gasteiger charge is -2.22. The van der Waals surface area contributed by atoms with Crippen molar-refractivity contribution in [1.82, 2.24) is 9.97 Å². The van der Waals surface area contributed by atoms with Crippen LogP contribution >= 0.6 is 0 Å². The third kappa shape index (κ3) is 1.59. The van der Waals surface area contributed by atoms with E-state index in [1.807, 2.05) is 6.20 Å². The first-order chi connectivity index (χ1) is 7.38. The fourth-order valence-electron chi connectivity index (χ4n) is 2.56. The first kappa shape index (κ1) is 9.09. The van der Waals surface area contributed by atoms with E-state index >= 15 is 0 Å². The van der Waals surface area contributed by atoms with Crippen LogP contribution in [0.5, 0.6) is 0 Å². The summed E-state index contributed by atoms with van der Waals surface area (Å²) in [6, 6.07) is 0. The number of hydrogen-bond donors (Lipinski definition) is 0. The second kappa shape index (κ2) is 3.45. The van der Waals surface area contributed by atoms with Gasteiger partial charge in [-0.3, -0.25) is 4.98 Å². The molecule has 1 atom stereocenters. The van der Waals surface area contributed by atoms with Crippen molar-refractivity contribution < 1.29 is 4.74 Å². The van der Waals surface area contributed by atoms with Crippen LogP contribution in [0.2, 0.25) is 0 Å². The van der Waals surface area contributed by atoms with Gasteiger partial charge in [0.05, 0.1) is 12.8 Å². The Labute approximate surface area is 89.3 Å². The zero-order chi connectivity index (χ0) is 10.1. The van der Waals surface area contributed by atoms with Gasteiger partial charge in [-0.2, -0.15) is 0 Å². The van der Waals surface area contributed by atoms with E-state index in [0.29, 0.717) is 5.41 Å². The van der Waals surface area contributed by atoms with Crippen molar-refractivity contribution in [2.24, 2.45) is 5.41 Å². The molecule has 0 N–H and O–H groups in total. The molecule has 2 aliphatic rings. The van der Waals surface area contributed by atoms with E-state index in [2.05, 4.69) is 14.9 Å². The molecule has 4 heteroatoms. The van der Waals surface area contributed by atoms with Crippen LogP contribution in [0.25, 0.3) is 0 Å². The van der Waals surface area contributed by atoms with Crippen molar-refractivity contribution >= 4 is 5.82 Å².